The molecular weight excluding hydrogens is 667 g/mol. The molecule has 1 aliphatic heterocycles. The average molecular weight is 692 g/mol. The highest BCUT2D eigenvalue weighted by Crippen LogP contribution is 2.38. The fourth-order valence-corrected chi connectivity index (χ4v) is 6.80. The second-order valence-corrected chi connectivity index (χ2v) is 12.5. The summed E-state index contributed by atoms with van der Waals surface area (Å²) in [5.74, 6) is -2.17. The van der Waals surface area contributed by atoms with Crippen LogP contribution in [0.2, 0.25) is 10.0 Å². The van der Waals surface area contributed by atoms with Crippen LogP contribution in [0.15, 0.2) is 77.3 Å². The van der Waals surface area contributed by atoms with E-state index in [9.17, 15) is 19.2 Å². The molecule has 2 aliphatic rings. The molecule has 7 nitrogen and oxygen atoms in total. The number of allylic oxidation sites excluding steroid dienone is 2. The van der Waals surface area contributed by atoms with Crippen molar-refractivity contribution in [2.75, 3.05) is 11.5 Å². The van der Waals surface area contributed by atoms with Gasteiger partial charge in [-0.2, -0.15) is 0 Å². The number of halogens is 3. The minimum Gasteiger partial charge on any atom is -0.454 e. The normalized spacial score (nSPS) is 17.7. The molecular formula is C34H25BrCl2N2O5. The van der Waals surface area contributed by atoms with E-state index in [0.29, 0.717) is 52.1 Å². The number of imide groups is 1. The number of hydrogen-bond acceptors (Lipinski definition) is 6. The number of hydrogen-bond donors (Lipinski definition) is 0. The van der Waals surface area contributed by atoms with Gasteiger partial charge in [0.2, 0.25) is 17.6 Å². The number of Topliss-reactive ketones (excluding diaryl/α,β-unsaturated/α-hetero) is 1. The molecule has 222 valence electrons. The number of anilines is 1. The molecule has 0 bridgehead atoms. The maximum absolute atomic E-state index is 13.5. The Labute approximate surface area is 271 Å². The van der Waals surface area contributed by atoms with Crippen LogP contribution in [0.25, 0.3) is 22.2 Å². The fourth-order valence-electron chi connectivity index (χ4n) is 5.78. The van der Waals surface area contributed by atoms with Gasteiger partial charge in [0.1, 0.15) is 0 Å². The molecule has 4 aromatic rings. The highest BCUT2D eigenvalue weighted by atomic mass is 79.9. The SMILES string of the molecule is CCc1cc(Br)cc2c(C(=O)OCC(=O)c3ccc(Cl)cc3Cl)cc(-c3ccc(N4C(=O)C5CC=CCC5C4=O)cc3)nc12. The van der Waals surface area contributed by atoms with Gasteiger partial charge in [-0.3, -0.25) is 19.3 Å². The average Bonchev–Trinajstić information content (AvgIpc) is 3.28. The number of nitrogens with zero attached hydrogens (tertiary/aromatic N) is 2. The number of ketones is 1. The van der Waals surface area contributed by atoms with Crippen LogP contribution in [0.5, 0.6) is 0 Å². The Hall–Kier alpha value is -3.85. The Bertz CT molecular complexity index is 1860. The van der Waals surface area contributed by atoms with Crippen LogP contribution in [0.3, 0.4) is 0 Å². The van der Waals surface area contributed by atoms with Crippen LogP contribution in [-0.4, -0.2) is 35.2 Å². The van der Waals surface area contributed by atoms with E-state index in [0.717, 1.165) is 10.0 Å². The summed E-state index contributed by atoms with van der Waals surface area (Å²) >= 11 is 15.6. The summed E-state index contributed by atoms with van der Waals surface area (Å²) in [6.45, 7) is 1.48. The molecule has 0 N–H and O–H groups in total. The first-order valence-corrected chi connectivity index (χ1v) is 15.6. The van der Waals surface area contributed by atoms with Crippen molar-refractivity contribution >= 4 is 79.3 Å². The number of aryl methyl sites for hydroxylation is 1. The molecule has 6 rings (SSSR count). The fraction of sp³-hybridized carbons (Fsp3) is 0.206. The third-order valence-corrected chi connectivity index (χ3v) is 9.06. The number of ether oxygens (including phenoxy) is 1. The number of fused-ring (bicyclic) bond motifs is 2. The summed E-state index contributed by atoms with van der Waals surface area (Å²) in [5, 5.41) is 1.13. The van der Waals surface area contributed by atoms with Crippen LogP contribution in [0.1, 0.15) is 46.0 Å². The molecule has 3 aromatic carbocycles. The van der Waals surface area contributed by atoms with Crippen molar-refractivity contribution in [2.24, 2.45) is 11.8 Å². The largest absolute Gasteiger partial charge is 0.454 e. The standard InChI is InChI=1S/C34H25BrCl2N2O5/c1-2-18-13-20(35)14-26-27(34(43)44-17-30(40)25-12-9-21(36)15-28(25)37)16-29(38-31(18)26)19-7-10-22(11-8-19)39-32(41)23-5-3-4-6-24(23)33(39)42/h3-4,7-16,23-24H,2,5-6,17H2,1H3. The first-order valence-electron chi connectivity index (χ1n) is 14.1. The van der Waals surface area contributed by atoms with Gasteiger partial charge in [0.15, 0.2) is 6.61 Å². The monoisotopic (exact) mass is 690 g/mol. The van der Waals surface area contributed by atoms with Crippen molar-refractivity contribution in [3.63, 3.8) is 0 Å². The summed E-state index contributed by atoms with van der Waals surface area (Å²) in [5.41, 5.74) is 3.64. The minimum atomic E-state index is -0.696. The van der Waals surface area contributed by atoms with E-state index in [-0.39, 0.29) is 39.8 Å². The molecule has 1 saturated heterocycles. The first kappa shape index (κ1) is 30.2. The third kappa shape index (κ3) is 5.58. The van der Waals surface area contributed by atoms with Gasteiger partial charge in [0.05, 0.1) is 39.3 Å². The van der Waals surface area contributed by atoms with Crippen LogP contribution in [0.4, 0.5) is 5.69 Å². The number of aromatic nitrogens is 1. The predicted molar refractivity (Wildman–Crippen MR) is 173 cm³/mol. The van der Waals surface area contributed by atoms with E-state index in [4.69, 9.17) is 32.9 Å². The van der Waals surface area contributed by atoms with Gasteiger partial charge >= 0.3 is 5.97 Å². The summed E-state index contributed by atoms with van der Waals surface area (Å²) in [6.07, 6.45) is 5.71. The first-order chi connectivity index (χ1) is 21.2. The molecule has 44 heavy (non-hydrogen) atoms. The van der Waals surface area contributed by atoms with Crippen molar-refractivity contribution in [3.05, 3.63) is 104 Å². The van der Waals surface area contributed by atoms with Gasteiger partial charge in [-0.1, -0.05) is 70.3 Å². The van der Waals surface area contributed by atoms with Gasteiger partial charge in [-0.15, -0.1) is 0 Å². The summed E-state index contributed by atoms with van der Waals surface area (Å²) < 4.78 is 6.26. The topological polar surface area (TPSA) is 93.6 Å². The number of amides is 2. The lowest BCUT2D eigenvalue weighted by atomic mass is 9.85. The summed E-state index contributed by atoms with van der Waals surface area (Å²) in [6, 6.07) is 16.8. The molecule has 10 heteroatoms. The summed E-state index contributed by atoms with van der Waals surface area (Å²) in [4.78, 5) is 58.6. The Morgan fingerprint density at radius 2 is 1.61 bits per heavy atom. The molecule has 2 atom stereocenters. The number of carbonyl (C=O) groups is 4. The zero-order valence-electron chi connectivity index (χ0n) is 23.5. The van der Waals surface area contributed by atoms with Crippen molar-refractivity contribution in [1.29, 1.82) is 0 Å². The van der Waals surface area contributed by atoms with Crippen LogP contribution in [0, 0.1) is 11.8 Å². The lowest BCUT2D eigenvalue weighted by Gasteiger charge is -2.16. The Balaban J connectivity index is 1.33. The van der Waals surface area contributed by atoms with E-state index in [2.05, 4.69) is 15.9 Å². The van der Waals surface area contributed by atoms with Crippen molar-refractivity contribution in [2.45, 2.75) is 26.2 Å². The van der Waals surface area contributed by atoms with Gasteiger partial charge in [0, 0.05) is 26.0 Å². The lowest BCUT2D eigenvalue weighted by Crippen LogP contribution is -2.30. The molecule has 0 radical (unpaired) electrons. The zero-order valence-corrected chi connectivity index (χ0v) is 26.6. The van der Waals surface area contributed by atoms with E-state index >= 15 is 0 Å². The Kier molecular flexibility index (Phi) is 8.42. The minimum absolute atomic E-state index is 0.169. The van der Waals surface area contributed by atoms with Crippen LogP contribution < -0.4 is 4.90 Å². The predicted octanol–water partition coefficient (Wildman–Crippen LogP) is 8.03. The second kappa shape index (κ2) is 12.3. The smallest absolute Gasteiger partial charge is 0.339 e. The molecule has 0 saturated carbocycles. The Morgan fingerprint density at radius 1 is 0.932 bits per heavy atom. The van der Waals surface area contributed by atoms with Crippen molar-refractivity contribution < 1.29 is 23.9 Å². The van der Waals surface area contributed by atoms with Gasteiger partial charge in [-0.25, -0.2) is 9.78 Å². The third-order valence-electron chi connectivity index (χ3n) is 8.05. The molecule has 1 aromatic heterocycles. The van der Waals surface area contributed by atoms with E-state index in [1.807, 2.05) is 25.1 Å². The number of rotatable bonds is 7. The van der Waals surface area contributed by atoms with Crippen LogP contribution in [-0.2, 0) is 20.7 Å². The number of benzene rings is 3. The Morgan fingerprint density at radius 3 is 2.25 bits per heavy atom. The highest BCUT2D eigenvalue weighted by Gasteiger charge is 2.47. The van der Waals surface area contributed by atoms with E-state index in [1.165, 1.54) is 17.0 Å². The van der Waals surface area contributed by atoms with Gasteiger partial charge in [-0.05, 0) is 73.4 Å². The molecule has 0 spiro atoms. The molecule has 2 amide bonds. The molecule has 2 unspecified atom stereocenters. The highest BCUT2D eigenvalue weighted by molar-refractivity contribution is 9.10. The second-order valence-electron chi connectivity index (χ2n) is 10.7. The maximum Gasteiger partial charge on any atom is 0.339 e. The van der Waals surface area contributed by atoms with E-state index < -0.39 is 18.4 Å². The quantitative estimate of drug-likeness (QED) is 0.0843. The number of esters is 1. The van der Waals surface area contributed by atoms with Crippen molar-refractivity contribution in [3.8, 4) is 11.3 Å². The van der Waals surface area contributed by atoms with E-state index in [1.54, 1.807) is 42.5 Å². The van der Waals surface area contributed by atoms with Crippen LogP contribution >= 0.6 is 39.1 Å². The lowest BCUT2D eigenvalue weighted by molar-refractivity contribution is -0.122. The maximum atomic E-state index is 13.5. The van der Waals surface area contributed by atoms with Crippen molar-refractivity contribution in [1.82, 2.24) is 4.98 Å². The van der Waals surface area contributed by atoms with Gasteiger partial charge < -0.3 is 4.74 Å². The van der Waals surface area contributed by atoms with Gasteiger partial charge in [0.25, 0.3) is 0 Å². The molecule has 1 fully saturated rings. The summed E-state index contributed by atoms with van der Waals surface area (Å²) in [7, 11) is 0. The molecule has 1 aliphatic carbocycles. The number of carbonyl (C=O) groups excluding carboxylic acids is 4. The molecule has 2 heterocycles. The number of pyridine rings is 1. The zero-order chi connectivity index (χ0) is 31.1.